The third-order valence-electron chi connectivity index (χ3n) is 7.30. The smallest absolute Gasteiger partial charge is 0.193 e. The first kappa shape index (κ1) is 28.7. The van der Waals surface area contributed by atoms with Crippen molar-refractivity contribution in [1.82, 2.24) is 0 Å². The Morgan fingerprint density at radius 3 is 2.29 bits per heavy atom. The van der Waals surface area contributed by atoms with Gasteiger partial charge in [0.25, 0.3) is 0 Å². The van der Waals surface area contributed by atoms with Crippen molar-refractivity contribution in [3.63, 3.8) is 0 Å². The van der Waals surface area contributed by atoms with E-state index in [1.165, 1.54) is 0 Å². The van der Waals surface area contributed by atoms with Crippen LogP contribution in [0.5, 0.6) is 5.75 Å². The summed E-state index contributed by atoms with van der Waals surface area (Å²) in [5.74, 6) is 9.83. The molecule has 0 saturated carbocycles. The molecular formula is C30H40O4Si. The van der Waals surface area contributed by atoms with E-state index in [-0.39, 0.29) is 18.1 Å². The quantitative estimate of drug-likeness (QED) is 0.228. The second-order valence-electron chi connectivity index (χ2n) is 10.2. The van der Waals surface area contributed by atoms with Gasteiger partial charge in [0.15, 0.2) is 13.9 Å². The van der Waals surface area contributed by atoms with Crippen LogP contribution in [0.25, 0.3) is 0 Å². The van der Waals surface area contributed by atoms with Gasteiger partial charge in [-0.25, -0.2) is 0 Å². The highest BCUT2D eigenvalue weighted by Gasteiger charge is 2.43. The summed E-state index contributed by atoms with van der Waals surface area (Å²) in [6.07, 6.45) is 5.70. The number of rotatable bonds is 11. The van der Waals surface area contributed by atoms with Gasteiger partial charge in [-0.05, 0) is 47.3 Å². The van der Waals surface area contributed by atoms with Crippen LogP contribution in [-0.2, 0) is 28.0 Å². The molecule has 35 heavy (non-hydrogen) atoms. The first-order chi connectivity index (χ1) is 16.5. The van der Waals surface area contributed by atoms with Gasteiger partial charge in [-0.1, -0.05) is 75.9 Å². The monoisotopic (exact) mass is 492 g/mol. The Bertz CT molecular complexity index is 1050. The molecule has 5 heteroatoms. The molecule has 0 bridgehead atoms. The van der Waals surface area contributed by atoms with Gasteiger partial charge in [-0.2, -0.15) is 0 Å². The topological polar surface area (TPSA) is 47.9 Å². The number of ether oxygens (including phenoxy) is 2. The Balaban J connectivity index is 2.15. The first-order valence-corrected chi connectivity index (χ1v) is 15.0. The lowest BCUT2D eigenvalue weighted by Crippen LogP contribution is -2.45. The normalized spacial score (nSPS) is 13.5. The zero-order valence-electron chi connectivity index (χ0n) is 22.3. The molecule has 0 spiro atoms. The average Bonchev–Trinajstić information content (AvgIpc) is 2.83. The van der Waals surface area contributed by atoms with E-state index in [0.29, 0.717) is 24.7 Å². The summed E-state index contributed by atoms with van der Waals surface area (Å²) in [5.41, 5.74) is 1.13. The lowest BCUT2D eigenvalue weighted by Gasteiger charge is -2.42. The van der Waals surface area contributed by atoms with E-state index >= 15 is 0 Å². The average molecular weight is 493 g/mol. The van der Waals surface area contributed by atoms with Gasteiger partial charge in [0.1, 0.15) is 12.4 Å². The van der Waals surface area contributed by atoms with Gasteiger partial charge in [0.2, 0.25) is 0 Å². The molecule has 1 unspecified atom stereocenters. The largest absolute Gasteiger partial charge is 0.497 e. The van der Waals surface area contributed by atoms with Crippen LogP contribution in [0.4, 0.5) is 0 Å². The summed E-state index contributed by atoms with van der Waals surface area (Å²) in [6.45, 7) is 14.6. The van der Waals surface area contributed by atoms with Crippen molar-refractivity contribution in [3.8, 4) is 29.9 Å². The van der Waals surface area contributed by atoms with E-state index in [9.17, 15) is 5.11 Å². The fourth-order valence-corrected chi connectivity index (χ4v) is 5.95. The maximum atomic E-state index is 11.5. The minimum Gasteiger partial charge on any atom is -0.497 e. The molecule has 0 heterocycles. The lowest BCUT2D eigenvalue weighted by molar-refractivity contribution is 0.102. The minimum atomic E-state index is -2.04. The van der Waals surface area contributed by atoms with Crippen molar-refractivity contribution in [2.24, 2.45) is 5.92 Å². The van der Waals surface area contributed by atoms with Crippen molar-refractivity contribution >= 4 is 8.32 Å². The highest BCUT2D eigenvalue weighted by Crippen LogP contribution is 2.45. The Labute approximate surface area is 213 Å². The van der Waals surface area contributed by atoms with Crippen molar-refractivity contribution in [1.29, 1.82) is 0 Å². The summed E-state index contributed by atoms with van der Waals surface area (Å²) >= 11 is 0. The molecule has 0 aliphatic carbocycles. The Morgan fingerprint density at radius 2 is 1.69 bits per heavy atom. The molecule has 1 atom stereocenters. The Kier molecular flexibility index (Phi) is 10.2. The van der Waals surface area contributed by atoms with Crippen LogP contribution in [0.2, 0.25) is 18.1 Å². The summed E-state index contributed by atoms with van der Waals surface area (Å²) in [5, 5.41) is 11.6. The summed E-state index contributed by atoms with van der Waals surface area (Å²) in [7, 11) is -0.401. The zero-order chi connectivity index (χ0) is 26.1. The number of hydrogen-bond acceptors (Lipinski definition) is 4. The molecule has 188 valence electrons. The summed E-state index contributed by atoms with van der Waals surface area (Å²) in [4.78, 5) is 0. The van der Waals surface area contributed by atoms with Crippen molar-refractivity contribution in [3.05, 3.63) is 65.2 Å². The molecule has 4 nitrogen and oxygen atoms in total. The molecule has 1 N–H and O–H groups in total. The fraction of sp³-hybridized carbons (Fsp3) is 0.467. The maximum Gasteiger partial charge on any atom is 0.193 e. The summed E-state index contributed by atoms with van der Waals surface area (Å²) < 4.78 is 17.4. The van der Waals surface area contributed by atoms with Crippen LogP contribution in [0.3, 0.4) is 0 Å². The Morgan fingerprint density at radius 1 is 1.03 bits per heavy atom. The van der Waals surface area contributed by atoms with Gasteiger partial charge in [0.05, 0.1) is 26.7 Å². The van der Waals surface area contributed by atoms with Crippen molar-refractivity contribution < 1.29 is 19.0 Å². The SMILES string of the molecule is C#CCC(O)(C#CCOCc1ccc(OC)cc1)c1ccccc1CO[Si](C)(C)C(C)(C)C(C)C. The van der Waals surface area contributed by atoms with E-state index < -0.39 is 13.9 Å². The predicted octanol–water partition coefficient (Wildman–Crippen LogP) is 6.28. The molecule has 2 rings (SSSR count). The molecule has 2 aromatic carbocycles. The molecule has 2 aromatic rings. The summed E-state index contributed by atoms with van der Waals surface area (Å²) in [6, 6.07) is 15.4. The van der Waals surface area contributed by atoms with Crippen molar-refractivity contribution in [2.75, 3.05) is 13.7 Å². The van der Waals surface area contributed by atoms with E-state index in [1.54, 1.807) is 7.11 Å². The van der Waals surface area contributed by atoms with E-state index in [4.69, 9.17) is 20.3 Å². The number of terminal acetylenes is 1. The van der Waals surface area contributed by atoms with Gasteiger partial charge in [-0.3, -0.25) is 0 Å². The van der Waals surface area contributed by atoms with Gasteiger partial charge >= 0.3 is 0 Å². The van der Waals surface area contributed by atoms with Crippen molar-refractivity contribution in [2.45, 2.75) is 71.1 Å². The van der Waals surface area contributed by atoms with Crippen LogP contribution >= 0.6 is 0 Å². The number of methoxy groups -OCH3 is 1. The number of aliphatic hydroxyl groups is 1. The maximum absolute atomic E-state index is 11.5. The van der Waals surface area contributed by atoms with Crippen LogP contribution in [0, 0.1) is 30.1 Å². The molecule has 0 aliphatic rings. The highest BCUT2D eigenvalue weighted by molar-refractivity contribution is 6.74. The molecule has 0 radical (unpaired) electrons. The molecule has 0 aliphatic heterocycles. The molecule has 0 saturated heterocycles. The third-order valence-corrected chi connectivity index (χ3v) is 11.8. The first-order valence-electron chi connectivity index (χ1n) is 12.1. The van der Waals surface area contributed by atoms with E-state index in [0.717, 1.165) is 16.9 Å². The van der Waals surface area contributed by atoms with Crippen LogP contribution in [-0.4, -0.2) is 27.1 Å². The molecule has 0 amide bonds. The zero-order valence-corrected chi connectivity index (χ0v) is 23.3. The predicted molar refractivity (Wildman–Crippen MR) is 145 cm³/mol. The van der Waals surface area contributed by atoms with E-state index in [1.807, 2.05) is 48.5 Å². The van der Waals surface area contributed by atoms with Crippen LogP contribution in [0.15, 0.2) is 48.5 Å². The highest BCUT2D eigenvalue weighted by atomic mass is 28.4. The van der Waals surface area contributed by atoms with Crippen LogP contribution in [0.1, 0.15) is 50.8 Å². The second-order valence-corrected chi connectivity index (χ2v) is 14.8. The number of benzene rings is 2. The fourth-order valence-electron chi connectivity index (χ4n) is 3.67. The number of hydrogen-bond donors (Lipinski definition) is 1. The van der Waals surface area contributed by atoms with Gasteiger partial charge < -0.3 is 19.0 Å². The molecule has 0 aromatic heterocycles. The molecule has 0 fully saturated rings. The second kappa shape index (κ2) is 12.4. The Hall–Kier alpha value is -2.54. The van der Waals surface area contributed by atoms with Crippen LogP contribution < -0.4 is 4.74 Å². The third kappa shape index (κ3) is 7.47. The lowest BCUT2D eigenvalue weighted by atomic mass is 9.88. The van der Waals surface area contributed by atoms with E-state index in [2.05, 4.69) is 58.6 Å². The van der Waals surface area contributed by atoms with Gasteiger partial charge in [0, 0.05) is 5.56 Å². The van der Waals surface area contributed by atoms with Gasteiger partial charge in [-0.15, -0.1) is 12.3 Å². The standard InChI is InChI=1S/C30H40O4Si/c1-9-19-30(31,20-12-21-33-22-25-15-17-27(32-6)18-16-25)28-14-11-10-13-26(28)23-34-35(7,8)29(4,5)24(2)3/h1,10-11,13-18,24,31H,19,21-23H2,2-8H3. The minimum absolute atomic E-state index is 0.0772. The molecular weight excluding hydrogens is 452 g/mol.